The standard InChI is InChI=1S/C17H28NO3/c1-5-18(4,6-2)12-13-21-17(20)16(14(3)19)15-10-8-7-9-11-15/h7-11,14,16,19H,5-6,12-13H2,1-4H3/q+1. The zero-order valence-electron chi connectivity index (χ0n) is 13.6. The molecular formula is C17H28NO3+. The van der Waals surface area contributed by atoms with Crippen LogP contribution in [0, 0.1) is 0 Å². The number of likely N-dealkylation sites (N-methyl/N-ethyl adjacent to an activating group) is 1. The molecule has 0 aromatic heterocycles. The third-order valence-electron chi connectivity index (χ3n) is 4.30. The first-order valence-corrected chi connectivity index (χ1v) is 7.66. The Hall–Kier alpha value is -1.39. The lowest BCUT2D eigenvalue weighted by molar-refractivity contribution is -0.906. The van der Waals surface area contributed by atoms with E-state index in [1.165, 1.54) is 0 Å². The number of esters is 1. The number of nitrogens with zero attached hydrogens (tertiary/aromatic N) is 1. The van der Waals surface area contributed by atoms with E-state index in [-0.39, 0.29) is 5.97 Å². The first-order valence-electron chi connectivity index (χ1n) is 7.66. The normalized spacial score (nSPS) is 14.5. The van der Waals surface area contributed by atoms with Crippen LogP contribution in [0.15, 0.2) is 30.3 Å². The highest BCUT2D eigenvalue weighted by molar-refractivity contribution is 5.78. The highest BCUT2D eigenvalue weighted by atomic mass is 16.5. The minimum absolute atomic E-state index is 0.352. The van der Waals surface area contributed by atoms with Crippen LogP contribution in [0.1, 0.15) is 32.3 Å². The number of hydrogen-bond acceptors (Lipinski definition) is 3. The SMILES string of the molecule is CC[N+](C)(CC)CCOC(=O)C(c1ccccc1)C(C)O. The first kappa shape index (κ1) is 17.7. The van der Waals surface area contributed by atoms with Crippen LogP contribution in [-0.2, 0) is 9.53 Å². The molecule has 0 aliphatic heterocycles. The second kappa shape index (κ2) is 8.15. The Kier molecular flexibility index (Phi) is 6.85. The van der Waals surface area contributed by atoms with Gasteiger partial charge in [0.05, 0.1) is 26.2 Å². The van der Waals surface area contributed by atoms with E-state index in [9.17, 15) is 9.90 Å². The van der Waals surface area contributed by atoms with Gasteiger partial charge in [0.15, 0.2) is 0 Å². The quantitative estimate of drug-likeness (QED) is 0.590. The average molecular weight is 294 g/mol. The molecule has 118 valence electrons. The zero-order chi connectivity index (χ0) is 15.9. The van der Waals surface area contributed by atoms with Crippen LogP contribution in [0.25, 0.3) is 0 Å². The summed E-state index contributed by atoms with van der Waals surface area (Å²) in [5, 5.41) is 9.88. The van der Waals surface area contributed by atoms with Crippen molar-refractivity contribution in [3.05, 3.63) is 35.9 Å². The minimum atomic E-state index is -0.766. The van der Waals surface area contributed by atoms with Gasteiger partial charge in [0, 0.05) is 0 Å². The van der Waals surface area contributed by atoms with Gasteiger partial charge in [-0.15, -0.1) is 0 Å². The van der Waals surface area contributed by atoms with Crippen LogP contribution >= 0.6 is 0 Å². The Morgan fingerprint density at radius 3 is 2.29 bits per heavy atom. The van der Waals surface area contributed by atoms with Crippen LogP contribution in [0.5, 0.6) is 0 Å². The fourth-order valence-electron chi connectivity index (χ4n) is 2.27. The molecule has 4 nitrogen and oxygen atoms in total. The monoisotopic (exact) mass is 294 g/mol. The van der Waals surface area contributed by atoms with E-state index < -0.39 is 12.0 Å². The van der Waals surface area contributed by atoms with Crippen molar-refractivity contribution in [3.8, 4) is 0 Å². The van der Waals surface area contributed by atoms with E-state index in [1.807, 2.05) is 30.3 Å². The second-order valence-corrected chi connectivity index (χ2v) is 5.77. The number of aliphatic hydroxyl groups is 1. The molecule has 0 radical (unpaired) electrons. The summed E-state index contributed by atoms with van der Waals surface area (Å²) in [4.78, 5) is 12.3. The maximum atomic E-state index is 12.3. The highest BCUT2D eigenvalue weighted by Crippen LogP contribution is 2.21. The van der Waals surface area contributed by atoms with Gasteiger partial charge in [0.2, 0.25) is 0 Å². The fraction of sp³-hybridized carbons (Fsp3) is 0.588. The lowest BCUT2D eigenvalue weighted by Crippen LogP contribution is -2.46. The third kappa shape index (κ3) is 5.14. The number of benzene rings is 1. The molecule has 0 bridgehead atoms. The van der Waals surface area contributed by atoms with Gasteiger partial charge < -0.3 is 14.3 Å². The number of aliphatic hydroxyl groups excluding tert-OH is 1. The Bertz CT molecular complexity index is 427. The van der Waals surface area contributed by atoms with Crippen LogP contribution in [0.4, 0.5) is 0 Å². The molecule has 1 aromatic carbocycles. The molecule has 0 amide bonds. The van der Waals surface area contributed by atoms with Crippen molar-refractivity contribution < 1.29 is 19.1 Å². The van der Waals surface area contributed by atoms with E-state index in [0.29, 0.717) is 6.61 Å². The molecule has 1 aromatic rings. The second-order valence-electron chi connectivity index (χ2n) is 5.77. The van der Waals surface area contributed by atoms with E-state index in [0.717, 1.165) is 29.7 Å². The van der Waals surface area contributed by atoms with Crippen LogP contribution < -0.4 is 0 Å². The summed E-state index contributed by atoms with van der Waals surface area (Å²) in [6, 6.07) is 9.30. The third-order valence-corrected chi connectivity index (χ3v) is 4.30. The summed E-state index contributed by atoms with van der Waals surface area (Å²) in [7, 11) is 2.15. The molecule has 1 N–H and O–H groups in total. The molecule has 0 heterocycles. The summed E-state index contributed by atoms with van der Waals surface area (Å²) in [6.45, 7) is 9.07. The average Bonchev–Trinajstić information content (AvgIpc) is 2.48. The summed E-state index contributed by atoms with van der Waals surface area (Å²) in [5.74, 6) is -0.969. The molecule has 0 aliphatic rings. The van der Waals surface area contributed by atoms with E-state index in [1.54, 1.807) is 6.92 Å². The molecule has 4 heteroatoms. The smallest absolute Gasteiger partial charge is 0.316 e. The number of carbonyl (C=O) groups excluding carboxylic acids is 1. The minimum Gasteiger partial charge on any atom is -0.459 e. The van der Waals surface area contributed by atoms with Crippen molar-refractivity contribution in [1.29, 1.82) is 0 Å². The number of ether oxygens (including phenoxy) is 1. The summed E-state index contributed by atoms with van der Waals surface area (Å²) in [6.07, 6.45) is -0.766. The first-order chi connectivity index (χ1) is 9.93. The Labute approximate surface area is 127 Å². The van der Waals surface area contributed by atoms with Crippen molar-refractivity contribution >= 4 is 5.97 Å². The molecule has 0 aliphatic carbocycles. The molecular weight excluding hydrogens is 266 g/mol. The Morgan fingerprint density at radius 1 is 1.24 bits per heavy atom. The van der Waals surface area contributed by atoms with E-state index in [2.05, 4.69) is 20.9 Å². The van der Waals surface area contributed by atoms with E-state index in [4.69, 9.17) is 4.74 Å². The zero-order valence-corrected chi connectivity index (χ0v) is 13.6. The topological polar surface area (TPSA) is 46.5 Å². The van der Waals surface area contributed by atoms with E-state index >= 15 is 0 Å². The number of rotatable bonds is 8. The van der Waals surface area contributed by atoms with Gasteiger partial charge in [-0.05, 0) is 26.3 Å². The van der Waals surface area contributed by atoms with Gasteiger partial charge >= 0.3 is 5.97 Å². The van der Waals surface area contributed by atoms with Crippen molar-refractivity contribution in [3.63, 3.8) is 0 Å². The van der Waals surface area contributed by atoms with Gasteiger partial charge in [-0.3, -0.25) is 4.79 Å². The molecule has 1 rings (SSSR count). The summed E-state index contributed by atoms with van der Waals surface area (Å²) >= 11 is 0. The van der Waals surface area contributed by atoms with Gasteiger partial charge in [0.25, 0.3) is 0 Å². The van der Waals surface area contributed by atoms with Gasteiger partial charge in [-0.25, -0.2) is 0 Å². The Balaban J connectivity index is 2.64. The lowest BCUT2D eigenvalue weighted by atomic mass is 9.94. The van der Waals surface area contributed by atoms with Gasteiger partial charge in [-0.1, -0.05) is 30.3 Å². The molecule has 0 saturated heterocycles. The van der Waals surface area contributed by atoms with Crippen molar-refractivity contribution in [2.75, 3.05) is 33.3 Å². The van der Waals surface area contributed by atoms with Crippen molar-refractivity contribution in [1.82, 2.24) is 0 Å². The number of hydrogen-bond donors (Lipinski definition) is 1. The fourth-order valence-corrected chi connectivity index (χ4v) is 2.27. The predicted octanol–water partition coefficient (Wildman–Crippen LogP) is 2.18. The summed E-state index contributed by atoms with van der Waals surface area (Å²) < 4.78 is 6.28. The van der Waals surface area contributed by atoms with Gasteiger partial charge in [0.1, 0.15) is 19.1 Å². The molecule has 0 fully saturated rings. The lowest BCUT2D eigenvalue weighted by Gasteiger charge is -2.32. The predicted molar refractivity (Wildman–Crippen MR) is 84.0 cm³/mol. The molecule has 2 unspecified atom stereocenters. The Morgan fingerprint density at radius 2 is 1.81 bits per heavy atom. The summed E-state index contributed by atoms with van der Waals surface area (Å²) in [5.41, 5.74) is 0.792. The maximum absolute atomic E-state index is 12.3. The van der Waals surface area contributed by atoms with Crippen molar-refractivity contribution in [2.24, 2.45) is 0 Å². The number of carbonyl (C=O) groups is 1. The van der Waals surface area contributed by atoms with Gasteiger partial charge in [-0.2, -0.15) is 0 Å². The molecule has 2 atom stereocenters. The molecule has 0 saturated carbocycles. The van der Waals surface area contributed by atoms with Crippen LogP contribution in [0.3, 0.4) is 0 Å². The van der Waals surface area contributed by atoms with Crippen LogP contribution in [0.2, 0.25) is 0 Å². The van der Waals surface area contributed by atoms with Crippen LogP contribution in [-0.4, -0.2) is 55.0 Å². The highest BCUT2D eigenvalue weighted by Gasteiger charge is 2.27. The maximum Gasteiger partial charge on any atom is 0.316 e. The molecule has 21 heavy (non-hydrogen) atoms. The largest absolute Gasteiger partial charge is 0.459 e. The molecule has 0 spiro atoms. The number of quaternary nitrogens is 1. The van der Waals surface area contributed by atoms with Crippen molar-refractivity contribution in [2.45, 2.75) is 32.8 Å².